The summed E-state index contributed by atoms with van der Waals surface area (Å²) in [5.41, 5.74) is 6.59. The summed E-state index contributed by atoms with van der Waals surface area (Å²) < 4.78 is 40.4. The molecule has 0 fully saturated rings. The van der Waals surface area contributed by atoms with Crippen LogP contribution in [0.3, 0.4) is 0 Å². The fourth-order valence-corrected chi connectivity index (χ4v) is 2.06. The van der Waals surface area contributed by atoms with E-state index in [1.165, 1.54) is 12.1 Å². The molecule has 1 aromatic heterocycles. The highest BCUT2D eigenvalue weighted by molar-refractivity contribution is 7.80. The van der Waals surface area contributed by atoms with Gasteiger partial charge in [0.05, 0.1) is 17.6 Å². The topological polar surface area (TPSA) is 43.8 Å². The maximum atomic E-state index is 12.9. The average Bonchev–Trinajstić information content (AvgIpc) is 2.68. The Hall–Kier alpha value is -1.89. The van der Waals surface area contributed by atoms with Crippen molar-refractivity contribution >= 4 is 17.2 Å². The summed E-state index contributed by atoms with van der Waals surface area (Å²) in [5, 5.41) is 0. The number of alkyl halides is 3. The van der Waals surface area contributed by atoms with Crippen LogP contribution in [-0.4, -0.2) is 14.5 Å². The average molecular weight is 299 g/mol. The highest BCUT2D eigenvalue weighted by Gasteiger charge is 2.34. The molecule has 0 aliphatic heterocycles. The van der Waals surface area contributed by atoms with Gasteiger partial charge in [-0.1, -0.05) is 12.2 Å². The highest BCUT2D eigenvalue weighted by Crippen LogP contribution is 2.33. The van der Waals surface area contributed by atoms with E-state index in [1.54, 1.807) is 10.9 Å². The molecule has 2 aromatic rings. The number of imidazole rings is 1. The molecule has 0 atom stereocenters. The van der Waals surface area contributed by atoms with Gasteiger partial charge in [0.25, 0.3) is 0 Å². The Bertz CT molecular complexity index is 674. The van der Waals surface area contributed by atoms with Gasteiger partial charge in [0.1, 0.15) is 4.99 Å². The summed E-state index contributed by atoms with van der Waals surface area (Å²) in [6, 6.07) is 3.69. The van der Waals surface area contributed by atoms with Crippen molar-refractivity contribution in [3.05, 3.63) is 47.0 Å². The molecule has 20 heavy (non-hydrogen) atoms. The summed E-state index contributed by atoms with van der Waals surface area (Å²) in [7, 11) is 0. The first-order chi connectivity index (χ1) is 9.21. The zero-order chi connectivity index (χ0) is 15.1. The smallest absolute Gasteiger partial charge is 0.389 e. The minimum absolute atomic E-state index is 0.184. The molecule has 106 valence electrons. The number of halogens is 3. The van der Waals surface area contributed by atoms with Crippen molar-refractivity contribution in [1.82, 2.24) is 9.55 Å². The van der Waals surface area contributed by atoms with Gasteiger partial charge in [-0.2, -0.15) is 13.2 Å². The van der Waals surface area contributed by atoms with Crippen molar-refractivity contribution < 1.29 is 13.2 Å². The van der Waals surface area contributed by atoms with E-state index in [4.69, 9.17) is 18.0 Å². The van der Waals surface area contributed by atoms with Gasteiger partial charge in [-0.3, -0.25) is 0 Å². The quantitative estimate of drug-likeness (QED) is 0.866. The van der Waals surface area contributed by atoms with Gasteiger partial charge in [0.15, 0.2) is 0 Å². The SMILES string of the molecule is Cc1ncn(-c2ccc(C(F)(F)F)c(C(N)=S)c2)c1C. The first-order valence-corrected chi connectivity index (χ1v) is 6.14. The van der Waals surface area contributed by atoms with Crippen LogP contribution in [0.4, 0.5) is 13.2 Å². The Morgan fingerprint density at radius 1 is 1.30 bits per heavy atom. The number of thiocarbonyl (C=S) groups is 1. The molecular formula is C13H12F3N3S. The molecule has 0 spiro atoms. The van der Waals surface area contributed by atoms with Crippen molar-refractivity contribution in [2.75, 3.05) is 0 Å². The normalized spacial score (nSPS) is 11.7. The molecule has 0 bridgehead atoms. The van der Waals surface area contributed by atoms with E-state index < -0.39 is 11.7 Å². The molecule has 0 aliphatic carbocycles. The molecule has 2 rings (SSSR count). The lowest BCUT2D eigenvalue weighted by molar-refractivity contribution is -0.137. The lowest BCUT2D eigenvalue weighted by Crippen LogP contribution is -2.18. The van der Waals surface area contributed by atoms with Crippen molar-refractivity contribution in [1.29, 1.82) is 0 Å². The lowest BCUT2D eigenvalue weighted by atomic mass is 10.1. The first kappa shape index (κ1) is 14.5. The highest BCUT2D eigenvalue weighted by atomic mass is 32.1. The molecule has 0 unspecified atom stereocenters. The van der Waals surface area contributed by atoms with E-state index in [0.29, 0.717) is 5.69 Å². The molecule has 0 amide bonds. The lowest BCUT2D eigenvalue weighted by Gasteiger charge is -2.14. The predicted molar refractivity (Wildman–Crippen MR) is 73.9 cm³/mol. The van der Waals surface area contributed by atoms with Crippen LogP contribution in [0.2, 0.25) is 0 Å². The maximum Gasteiger partial charge on any atom is 0.417 e. The monoisotopic (exact) mass is 299 g/mol. The number of hydrogen-bond acceptors (Lipinski definition) is 2. The van der Waals surface area contributed by atoms with Crippen LogP contribution in [-0.2, 0) is 6.18 Å². The first-order valence-electron chi connectivity index (χ1n) is 5.73. The van der Waals surface area contributed by atoms with Crippen molar-refractivity contribution in [3.63, 3.8) is 0 Å². The third-order valence-electron chi connectivity index (χ3n) is 3.10. The Labute approximate surface area is 119 Å². The Morgan fingerprint density at radius 3 is 2.40 bits per heavy atom. The second kappa shape index (κ2) is 4.90. The van der Waals surface area contributed by atoms with Crippen LogP contribution in [0, 0.1) is 13.8 Å². The van der Waals surface area contributed by atoms with E-state index in [-0.39, 0.29) is 10.6 Å². The standard InChI is InChI=1S/C13H12F3N3S/c1-7-8(2)19(6-18-7)9-3-4-11(13(14,15)16)10(5-9)12(17)20/h3-6H,1-2H3,(H2,17,20). The number of benzene rings is 1. The van der Waals surface area contributed by atoms with E-state index in [2.05, 4.69) is 4.98 Å². The largest absolute Gasteiger partial charge is 0.417 e. The van der Waals surface area contributed by atoms with Gasteiger partial charge >= 0.3 is 6.18 Å². The second-order valence-electron chi connectivity index (χ2n) is 4.38. The molecule has 0 saturated heterocycles. The van der Waals surface area contributed by atoms with Crippen LogP contribution in [0.25, 0.3) is 5.69 Å². The van der Waals surface area contributed by atoms with Gasteiger partial charge in [0, 0.05) is 16.9 Å². The number of rotatable bonds is 2. The van der Waals surface area contributed by atoms with Crippen molar-refractivity contribution in [3.8, 4) is 5.69 Å². The molecule has 0 saturated carbocycles. The van der Waals surface area contributed by atoms with Gasteiger partial charge in [0.2, 0.25) is 0 Å². The summed E-state index contributed by atoms with van der Waals surface area (Å²) in [6.45, 7) is 3.66. The van der Waals surface area contributed by atoms with Crippen molar-refractivity contribution in [2.24, 2.45) is 5.73 Å². The number of hydrogen-bond donors (Lipinski definition) is 1. The van der Waals surface area contributed by atoms with Gasteiger partial charge in [-0.05, 0) is 32.0 Å². The number of aromatic nitrogens is 2. The van der Waals surface area contributed by atoms with E-state index in [9.17, 15) is 13.2 Å². The van der Waals surface area contributed by atoms with Gasteiger partial charge in [-0.15, -0.1) is 0 Å². The van der Waals surface area contributed by atoms with Crippen LogP contribution in [0.5, 0.6) is 0 Å². The number of nitrogens with two attached hydrogens (primary N) is 1. The molecule has 3 nitrogen and oxygen atoms in total. The molecule has 0 radical (unpaired) electrons. The van der Waals surface area contributed by atoms with Gasteiger partial charge < -0.3 is 10.3 Å². The van der Waals surface area contributed by atoms with E-state index in [1.807, 2.05) is 13.8 Å². The Morgan fingerprint density at radius 2 is 1.95 bits per heavy atom. The zero-order valence-electron chi connectivity index (χ0n) is 10.8. The fourth-order valence-electron chi connectivity index (χ4n) is 1.89. The zero-order valence-corrected chi connectivity index (χ0v) is 11.6. The number of nitrogens with zero attached hydrogens (tertiary/aromatic N) is 2. The molecule has 7 heteroatoms. The third-order valence-corrected chi connectivity index (χ3v) is 3.32. The van der Waals surface area contributed by atoms with Crippen LogP contribution in [0.1, 0.15) is 22.5 Å². The number of aryl methyl sites for hydroxylation is 1. The Kier molecular flexibility index (Phi) is 3.56. The molecule has 2 N–H and O–H groups in total. The van der Waals surface area contributed by atoms with Gasteiger partial charge in [-0.25, -0.2) is 4.98 Å². The predicted octanol–water partition coefficient (Wildman–Crippen LogP) is 3.14. The van der Waals surface area contributed by atoms with Crippen LogP contribution < -0.4 is 5.73 Å². The summed E-state index contributed by atoms with van der Waals surface area (Å²) >= 11 is 4.72. The Balaban J connectivity index is 2.62. The second-order valence-corrected chi connectivity index (χ2v) is 4.82. The summed E-state index contributed by atoms with van der Waals surface area (Å²) in [5.74, 6) is 0. The molecular weight excluding hydrogens is 287 g/mol. The van der Waals surface area contributed by atoms with Crippen LogP contribution in [0.15, 0.2) is 24.5 Å². The third kappa shape index (κ3) is 2.53. The van der Waals surface area contributed by atoms with Crippen LogP contribution >= 0.6 is 12.2 Å². The minimum atomic E-state index is -4.49. The maximum absolute atomic E-state index is 12.9. The summed E-state index contributed by atoms with van der Waals surface area (Å²) in [6.07, 6.45) is -2.94. The summed E-state index contributed by atoms with van der Waals surface area (Å²) in [4.78, 5) is 3.83. The molecule has 1 aromatic carbocycles. The molecule has 0 aliphatic rings. The van der Waals surface area contributed by atoms with E-state index in [0.717, 1.165) is 17.5 Å². The fraction of sp³-hybridized carbons (Fsp3) is 0.231. The van der Waals surface area contributed by atoms with Crippen molar-refractivity contribution in [2.45, 2.75) is 20.0 Å². The van der Waals surface area contributed by atoms with E-state index >= 15 is 0 Å². The minimum Gasteiger partial charge on any atom is -0.389 e. The molecule has 1 heterocycles.